The predicted octanol–water partition coefficient (Wildman–Crippen LogP) is 3.80. The van der Waals surface area contributed by atoms with Gasteiger partial charge < -0.3 is 10.5 Å². The number of benzene rings is 2. The van der Waals surface area contributed by atoms with E-state index in [1.807, 2.05) is 24.3 Å². The number of thiocarbonyl (C=S) groups is 1. The third-order valence-electron chi connectivity index (χ3n) is 2.54. The minimum atomic E-state index is -0.312. The molecule has 0 aliphatic carbocycles. The largest absolute Gasteiger partial charge is 0.489 e. The van der Waals surface area contributed by atoms with E-state index in [1.165, 1.54) is 6.07 Å². The lowest BCUT2D eigenvalue weighted by atomic mass is 10.1. The summed E-state index contributed by atoms with van der Waals surface area (Å²) in [4.78, 5) is 0.370. The first kappa shape index (κ1) is 14.0. The van der Waals surface area contributed by atoms with Crippen LogP contribution < -0.4 is 10.5 Å². The molecule has 0 unspecified atom stereocenters. The van der Waals surface area contributed by atoms with Crippen LogP contribution in [0.25, 0.3) is 0 Å². The molecule has 0 saturated heterocycles. The van der Waals surface area contributed by atoms with Gasteiger partial charge in [-0.25, -0.2) is 4.39 Å². The Labute approximate surface area is 124 Å². The Morgan fingerprint density at radius 3 is 2.47 bits per heavy atom. The number of hydrogen-bond acceptors (Lipinski definition) is 2. The van der Waals surface area contributed by atoms with Crippen LogP contribution in [0.4, 0.5) is 4.39 Å². The van der Waals surface area contributed by atoms with Gasteiger partial charge in [0.1, 0.15) is 23.2 Å². The molecule has 0 heterocycles. The zero-order chi connectivity index (χ0) is 13.8. The lowest BCUT2D eigenvalue weighted by molar-refractivity contribution is 0.305. The monoisotopic (exact) mass is 339 g/mol. The summed E-state index contributed by atoms with van der Waals surface area (Å²) >= 11 is 7.99. The third kappa shape index (κ3) is 3.75. The number of nitrogens with two attached hydrogens (primary N) is 1. The lowest BCUT2D eigenvalue weighted by Crippen LogP contribution is -2.09. The van der Waals surface area contributed by atoms with Crippen LogP contribution in [0.15, 0.2) is 46.9 Å². The molecule has 0 spiro atoms. The summed E-state index contributed by atoms with van der Waals surface area (Å²) in [5.41, 5.74) is 7.33. The van der Waals surface area contributed by atoms with Crippen LogP contribution in [-0.2, 0) is 6.61 Å². The van der Waals surface area contributed by atoms with Gasteiger partial charge in [-0.1, -0.05) is 36.5 Å². The van der Waals surface area contributed by atoms with Gasteiger partial charge in [-0.3, -0.25) is 0 Å². The molecule has 0 fully saturated rings. The topological polar surface area (TPSA) is 35.2 Å². The van der Waals surface area contributed by atoms with Crippen LogP contribution in [0.5, 0.6) is 5.75 Å². The van der Waals surface area contributed by atoms with Gasteiger partial charge in [0.05, 0.1) is 4.47 Å². The fourth-order valence-electron chi connectivity index (χ4n) is 1.50. The highest BCUT2D eigenvalue weighted by atomic mass is 79.9. The highest BCUT2D eigenvalue weighted by Gasteiger charge is 2.02. The third-order valence-corrected chi connectivity index (χ3v) is 3.38. The van der Waals surface area contributed by atoms with E-state index < -0.39 is 0 Å². The highest BCUT2D eigenvalue weighted by molar-refractivity contribution is 9.10. The predicted molar refractivity (Wildman–Crippen MR) is 80.8 cm³/mol. The normalized spacial score (nSPS) is 10.2. The second-order valence-electron chi connectivity index (χ2n) is 3.93. The van der Waals surface area contributed by atoms with Crippen LogP contribution in [0.3, 0.4) is 0 Å². The zero-order valence-corrected chi connectivity index (χ0v) is 12.3. The first-order valence-electron chi connectivity index (χ1n) is 5.53. The smallest absolute Gasteiger partial charge is 0.137 e. The first-order valence-corrected chi connectivity index (χ1v) is 6.73. The van der Waals surface area contributed by atoms with Gasteiger partial charge in [0.25, 0.3) is 0 Å². The molecule has 0 bridgehead atoms. The average molecular weight is 340 g/mol. The van der Waals surface area contributed by atoms with E-state index in [0.717, 1.165) is 11.1 Å². The van der Waals surface area contributed by atoms with Gasteiger partial charge in [-0.2, -0.15) is 0 Å². The van der Waals surface area contributed by atoms with Crippen LogP contribution in [0.2, 0.25) is 0 Å². The minimum Gasteiger partial charge on any atom is -0.489 e. The van der Waals surface area contributed by atoms with E-state index >= 15 is 0 Å². The van der Waals surface area contributed by atoms with Gasteiger partial charge in [0.2, 0.25) is 0 Å². The van der Waals surface area contributed by atoms with Crippen molar-refractivity contribution >= 4 is 33.1 Å². The molecular weight excluding hydrogens is 329 g/mol. The van der Waals surface area contributed by atoms with Crippen molar-refractivity contribution in [3.8, 4) is 5.75 Å². The summed E-state index contributed by atoms with van der Waals surface area (Å²) in [5, 5.41) is 0. The van der Waals surface area contributed by atoms with E-state index in [4.69, 9.17) is 22.7 Å². The molecule has 5 heteroatoms. The first-order chi connectivity index (χ1) is 9.06. The quantitative estimate of drug-likeness (QED) is 0.860. The summed E-state index contributed by atoms with van der Waals surface area (Å²) in [7, 11) is 0. The molecule has 0 aliphatic heterocycles. The molecule has 0 radical (unpaired) electrons. The maximum Gasteiger partial charge on any atom is 0.137 e. The Morgan fingerprint density at radius 1 is 1.21 bits per heavy atom. The lowest BCUT2D eigenvalue weighted by Gasteiger charge is -2.07. The molecule has 0 atom stereocenters. The average Bonchev–Trinajstić information content (AvgIpc) is 2.40. The van der Waals surface area contributed by atoms with Crippen molar-refractivity contribution in [2.75, 3.05) is 0 Å². The summed E-state index contributed by atoms with van der Waals surface area (Å²) in [5.74, 6) is 0.292. The van der Waals surface area contributed by atoms with Crippen molar-refractivity contribution in [1.82, 2.24) is 0 Å². The van der Waals surface area contributed by atoms with Crippen molar-refractivity contribution in [3.05, 3.63) is 63.9 Å². The van der Waals surface area contributed by atoms with Gasteiger partial charge in [0.15, 0.2) is 0 Å². The number of ether oxygens (including phenoxy) is 1. The highest BCUT2D eigenvalue weighted by Crippen LogP contribution is 2.22. The maximum absolute atomic E-state index is 13.1. The molecule has 2 aromatic rings. The molecule has 0 saturated carbocycles. The number of rotatable bonds is 4. The summed E-state index contributed by atoms with van der Waals surface area (Å²) in [6.07, 6.45) is 0. The van der Waals surface area contributed by atoms with E-state index in [2.05, 4.69) is 15.9 Å². The van der Waals surface area contributed by atoms with Crippen molar-refractivity contribution in [3.63, 3.8) is 0 Å². The SMILES string of the molecule is NC(=S)c1ccc(COc2ccc(F)c(Br)c2)cc1. The Hall–Kier alpha value is -1.46. The van der Waals surface area contributed by atoms with Gasteiger partial charge >= 0.3 is 0 Å². The molecule has 0 amide bonds. The molecular formula is C14H11BrFNOS. The van der Waals surface area contributed by atoms with E-state index in [1.54, 1.807) is 12.1 Å². The molecule has 0 aliphatic rings. The number of halogens is 2. The fraction of sp³-hybridized carbons (Fsp3) is 0.0714. The summed E-state index contributed by atoms with van der Waals surface area (Å²) in [6.45, 7) is 0.398. The molecule has 19 heavy (non-hydrogen) atoms. The molecule has 2 aromatic carbocycles. The van der Waals surface area contributed by atoms with Crippen molar-refractivity contribution in [2.24, 2.45) is 5.73 Å². The molecule has 0 aromatic heterocycles. The zero-order valence-electron chi connectivity index (χ0n) is 9.90. The Morgan fingerprint density at radius 2 is 1.89 bits per heavy atom. The van der Waals surface area contributed by atoms with Crippen molar-refractivity contribution in [1.29, 1.82) is 0 Å². The molecule has 2 rings (SSSR count). The van der Waals surface area contributed by atoms with Crippen LogP contribution in [0.1, 0.15) is 11.1 Å². The van der Waals surface area contributed by atoms with Gasteiger partial charge in [-0.15, -0.1) is 0 Å². The standard InChI is InChI=1S/C14H11BrFNOS/c15-12-7-11(5-6-13(12)16)18-8-9-1-3-10(4-2-9)14(17)19/h1-7H,8H2,(H2,17,19). The van der Waals surface area contributed by atoms with Crippen molar-refractivity contribution in [2.45, 2.75) is 6.61 Å². The van der Waals surface area contributed by atoms with E-state index in [9.17, 15) is 4.39 Å². The summed E-state index contributed by atoms with van der Waals surface area (Å²) in [6, 6.07) is 12.0. The van der Waals surface area contributed by atoms with Gasteiger partial charge in [-0.05, 0) is 39.7 Å². The van der Waals surface area contributed by atoms with Crippen LogP contribution >= 0.6 is 28.1 Å². The molecule has 2 N–H and O–H groups in total. The fourth-order valence-corrected chi connectivity index (χ4v) is 1.99. The maximum atomic E-state index is 13.1. The summed E-state index contributed by atoms with van der Waals surface area (Å²) < 4.78 is 19.0. The van der Waals surface area contributed by atoms with Crippen molar-refractivity contribution < 1.29 is 9.13 Å². The Balaban J connectivity index is 2.01. The Bertz CT molecular complexity index is 601. The van der Waals surface area contributed by atoms with Gasteiger partial charge in [0, 0.05) is 5.56 Å². The van der Waals surface area contributed by atoms with Crippen LogP contribution in [0, 0.1) is 5.82 Å². The molecule has 2 nitrogen and oxygen atoms in total. The minimum absolute atomic E-state index is 0.312. The second kappa shape index (κ2) is 6.12. The number of hydrogen-bond donors (Lipinski definition) is 1. The van der Waals surface area contributed by atoms with Crippen LogP contribution in [-0.4, -0.2) is 4.99 Å². The van der Waals surface area contributed by atoms with E-state index in [-0.39, 0.29) is 5.82 Å². The Kier molecular flexibility index (Phi) is 4.50. The van der Waals surface area contributed by atoms with E-state index in [0.29, 0.717) is 21.8 Å². The molecule has 98 valence electrons. The second-order valence-corrected chi connectivity index (χ2v) is 5.22.